The molecule has 1 unspecified atom stereocenters. The Bertz CT molecular complexity index is 1310. The summed E-state index contributed by atoms with van der Waals surface area (Å²) in [4.78, 5) is 8.99. The quantitative estimate of drug-likeness (QED) is 0.414. The van der Waals surface area contributed by atoms with Crippen molar-refractivity contribution in [2.45, 2.75) is 43.4 Å². The van der Waals surface area contributed by atoms with E-state index in [0.717, 1.165) is 18.7 Å². The Hall–Kier alpha value is -2.88. The number of aromatic nitrogens is 2. The Morgan fingerprint density at radius 1 is 1.18 bits per heavy atom. The van der Waals surface area contributed by atoms with Crippen LogP contribution in [0.15, 0.2) is 47.5 Å². The first-order valence-electron chi connectivity index (χ1n) is 11.0. The highest BCUT2D eigenvalue weighted by molar-refractivity contribution is 7.92. The lowest BCUT2D eigenvalue weighted by Gasteiger charge is -2.25. The molecule has 0 amide bonds. The van der Waals surface area contributed by atoms with Crippen molar-refractivity contribution in [3.05, 3.63) is 58.7 Å². The summed E-state index contributed by atoms with van der Waals surface area (Å²) in [5.74, 6) is 1.28. The number of methoxy groups -OCH3 is 1. The van der Waals surface area contributed by atoms with E-state index in [1.807, 2.05) is 12.1 Å². The number of para-hydroxylation sites is 1. The lowest BCUT2D eigenvalue weighted by atomic mass is 9.94. The standard InChI is InChI=1S/C24H28ClN5O3S/c1-14(2)34(31,32)22-8-6-5-7-19(22)28-23-18(25)13-27-24(30-23)29-20-12-17-15(3)26-10-9-16(17)11-21(20)33-4/h5-8,11-15,26H,9-10H2,1-4H3,(H2,27,28,29,30). The summed E-state index contributed by atoms with van der Waals surface area (Å²) in [6, 6.07) is 11.0. The molecule has 180 valence electrons. The van der Waals surface area contributed by atoms with Crippen LogP contribution >= 0.6 is 11.6 Å². The second-order valence-corrected chi connectivity index (χ2v) is 11.3. The van der Waals surface area contributed by atoms with Gasteiger partial charge in [0.1, 0.15) is 10.8 Å². The molecule has 34 heavy (non-hydrogen) atoms. The van der Waals surface area contributed by atoms with Gasteiger partial charge in [0.2, 0.25) is 5.95 Å². The Morgan fingerprint density at radius 2 is 1.94 bits per heavy atom. The Morgan fingerprint density at radius 3 is 2.68 bits per heavy atom. The first-order chi connectivity index (χ1) is 16.2. The van der Waals surface area contributed by atoms with Gasteiger partial charge in [-0.2, -0.15) is 4.98 Å². The predicted molar refractivity (Wildman–Crippen MR) is 135 cm³/mol. The van der Waals surface area contributed by atoms with Gasteiger partial charge in [-0.25, -0.2) is 13.4 Å². The van der Waals surface area contributed by atoms with Crippen molar-refractivity contribution in [3.63, 3.8) is 0 Å². The molecule has 1 aromatic heterocycles. The average Bonchev–Trinajstić information content (AvgIpc) is 2.81. The summed E-state index contributed by atoms with van der Waals surface area (Å²) in [6.07, 6.45) is 2.40. The normalized spacial score (nSPS) is 15.6. The van der Waals surface area contributed by atoms with Crippen LogP contribution in [0.4, 0.5) is 23.1 Å². The fourth-order valence-corrected chi connectivity index (χ4v) is 5.23. The lowest BCUT2D eigenvalue weighted by molar-refractivity contribution is 0.415. The molecular formula is C24H28ClN5O3S. The monoisotopic (exact) mass is 501 g/mol. The van der Waals surface area contributed by atoms with Crippen LogP contribution in [0, 0.1) is 0 Å². The number of fused-ring (bicyclic) bond motifs is 1. The minimum Gasteiger partial charge on any atom is -0.495 e. The van der Waals surface area contributed by atoms with Crippen molar-refractivity contribution in [3.8, 4) is 5.75 Å². The van der Waals surface area contributed by atoms with Crippen LogP contribution in [0.5, 0.6) is 5.75 Å². The van der Waals surface area contributed by atoms with E-state index in [-0.39, 0.29) is 21.8 Å². The minimum absolute atomic E-state index is 0.187. The van der Waals surface area contributed by atoms with Crippen molar-refractivity contribution in [1.29, 1.82) is 0 Å². The molecule has 10 heteroatoms. The van der Waals surface area contributed by atoms with E-state index in [4.69, 9.17) is 16.3 Å². The van der Waals surface area contributed by atoms with Crippen LogP contribution < -0.4 is 20.7 Å². The van der Waals surface area contributed by atoms with E-state index >= 15 is 0 Å². The molecule has 1 aliphatic heterocycles. The fourth-order valence-electron chi connectivity index (χ4n) is 3.89. The van der Waals surface area contributed by atoms with Crippen LogP contribution in [0.25, 0.3) is 0 Å². The maximum absolute atomic E-state index is 12.8. The molecule has 2 heterocycles. The number of hydrogen-bond acceptors (Lipinski definition) is 8. The van der Waals surface area contributed by atoms with Gasteiger partial charge in [0.05, 0.1) is 34.8 Å². The number of anilines is 4. The number of ether oxygens (including phenoxy) is 1. The first kappa shape index (κ1) is 24.3. The molecule has 1 aliphatic rings. The van der Waals surface area contributed by atoms with Crippen LogP contribution in [0.2, 0.25) is 5.02 Å². The van der Waals surface area contributed by atoms with E-state index in [2.05, 4.69) is 32.8 Å². The highest BCUT2D eigenvalue weighted by Gasteiger charge is 2.23. The van der Waals surface area contributed by atoms with E-state index < -0.39 is 15.1 Å². The Kier molecular flexibility index (Phi) is 6.97. The highest BCUT2D eigenvalue weighted by Crippen LogP contribution is 2.36. The minimum atomic E-state index is -3.51. The van der Waals surface area contributed by atoms with Gasteiger partial charge in [-0.3, -0.25) is 0 Å². The Balaban J connectivity index is 1.67. The molecule has 2 aromatic carbocycles. The topological polar surface area (TPSA) is 105 Å². The summed E-state index contributed by atoms with van der Waals surface area (Å²) in [5.41, 5.74) is 3.56. The van der Waals surface area contributed by atoms with Crippen molar-refractivity contribution in [2.24, 2.45) is 0 Å². The number of sulfone groups is 1. The molecule has 8 nitrogen and oxygen atoms in total. The molecular weight excluding hydrogens is 474 g/mol. The predicted octanol–water partition coefficient (Wildman–Crippen LogP) is 5.01. The van der Waals surface area contributed by atoms with E-state index in [9.17, 15) is 8.42 Å². The largest absolute Gasteiger partial charge is 0.495 e. The number of benzene rings is 2. The van der Waals surface area contributed by atoms with Crippen molar-refractivity contribution in [1.82, 2.24) is 15.3 Å². The Labute approximate surface area is 205 Å². The van der Waals surface area contributed by atoms with Crippen molar-refractivity contribution < 1.29 is 13.2 Å². The third-order valence-electron chi connectivity index (χ3n) is 5.83. The number of rotatable bonds is 7. The third-order valence-corrected chi connectivity index (χ3v) is 8.32. The van der Waals surface area contributed by atoms with E-state index in [0.29, 0.717) is 17.4 Å². The maximum atomic E-state index is 12.8. The van der Waals surface area contributed by atoms with Crippen molar-refractivity contribution >= 4 is 44.6 Å². The molecule has 3 N–H and O–H groups in total. The number of nitrogens with zero attached hydrogens (tertiary/aromatic N) is 2. The van der Waals surface area contributed by atoms with Gasteiger partial charge >= 0.3 is 0 Å². The van der Waals surface area contributed by atoms with Gasteiger partial charge in [-0.15, -0.1) is 0 Å². The molecule has 0 saturated carbocycles. The number of halogens is 1. The zero-order chi connectivity index (χ0) is 24.5. The second kappa shape index (κ2) is 9.77. The second-order valence-electron chi connectivity index (χ2n) is 8.41. The summed E-state index contributed by atoms with van der Waals surface area (Å²) in [5, 5.41) is 9.44. The smallest absolute Gasteiger partial charge is 0.229 e. The van der Waals surface area contributed by atoms with Gasteiger partial charge in [0.25, 0.3) is 0 Å². The molecule has 0 saturated heterocycles. The van der Waals surface area contributed by atoms with E-state index in [1.165, 1.54) is 17.3 Å². The summed E-state index contributed by atoms with van der Waals surface area (Å²) in [6.45, 7) is 6.34. The molecule has 3 aromatic rings. The van der Waals surface area contributed by atoms with Gasteiger partial charge in [-0.05, 0) is 69.1 Å². The lowest BCUT2D eigenvalue weighted by Crippen LogP contribution is -2.27. The zero-order valence-electron chi connectivity index (χ0n) is 19.5. The first-order valence-corrected chi connectivity index (χ1v) is 13.0. The third kappa shape index (κ3) is 4.82. The summed E-state index contributed by atoms with van der Waals surface area (Å²) in [7, 11) is -1.89. The number of hydrogen-bond donors (Lipinski definition) is 3. The summed E-state index contributed by atoms with van der Waals surface area (Å²) >= 11 is 6.35. The molecule has 0 bridgehead atoms. The highest BCUT2D eigenvalue weighted by atomic mass is 35.5. The molecule has 1 atom stereocenters. The van der Waals surface area contributed by atoms with Crippen LogP contribution in [0.3, 0.4) is 0 Å². The molecule has 0 spiro atoms. The maximum Gasteiger partial charge on any atom is 0.229 e. The van der Waals surface area contributed by atoms with Crippen molar-refractivity contribution in [2.75, 3.05) is 24.3 Å². The van der Waals surface area contributed by atoms with Crippen LogP contribution in [0.1, 0.15) is 37.9 Å². The number of nitrogens with one attached hydrogen (secondary N) is 3. The van der Waals surface area contributed by atoms with Crippen LogP contribution in [-0.2, 0) is 16.3 Å². The molecule has 0 fully saturated rings. The van der Waals surface area contributed by atoms with E-state index in [1.54, 1.807) is 45.2 Å². The molecule has 4 rings (SSSR count). The van der Waals surface area contributed by atoms with Gasteiger partial charge in [-0.1, -0.05) is 23.7 Å². The van der Waals surface area contributed by atoms with Gasteiger partial charge in [0, 0.05) is 6.04 Å². The fraction of sp³-hybridized carbons (Fsp3) is 0.333. The average molecular weight is 502 g/mol. The molecule has 0 radical (unpaired) electrons. The molecule has 0 aliphatic carbocycles. The van der Waals surface area contributed by atoms with Crippen LogP contribution in [-0.4, -0.2) is 37.3 Å². The summed E-state index contributed by atoms with van der Waals surface area (Å²) < 4.78 is 31.2. The van der Waals surface area contributed by atoms with Gasteiger partial charge < -0.3 is 20.7 Å². The van der Waals surface area contributed by atoms with Gasteiger partial charge in [0.15, 0.2) is 15.7 Å². The zero-order valence-corrected chi connectivity index (χ0v) is 21.1. The SMILES string of the molecule is COc1cc2c(cc1Nc1ncc(Cl)c(Nc3ccccc3S(=O)(=O)C(C)C)n1)C(C)NCC2.